The predicted octanol–water partition coefficient (Wildman–Crippen LogP) is 6.23. The first-order valence-electron chi connectivity index (χ1n) is 5.76. The number of aryl methyl sites for hydroxylation is 2. The van der Waals surface area contributed by atoms with E-state index in [4.69, 9.17) is 23.2 Å². The van der Waals surface area contributed by atoms with Crippen LogP contribution < -0.4 is 0 Å². The van der Waals surface area contributed by atoms with Gasteiger partial charge in [-0.3, -0.25) is 0 Å². The fourth-order valence-corrected chi connectivity index (χ4v) is 3.61. The molecule has 1 atom stereocenters. The Kier molecular flexibility index (Phi) is 4.54. The van der Waals surface area contributed by atoms with E-state index in [1.54, 1.807) is 12.1 Å². The van der Waals surface area contributed by atoms with Crippen LogP contribution in [0.2, 0.25) is 10.0 Å². The molecule has 0 saturated heterocycles. The van der Waals surface area contributed by atoms with Gasteiger partial charge in [0.25, 0.3) is 0 Å². The summed E-state index contributed by atoms with van der Waals surface area (Å²) in [5.41, 5.74) is 3.44. The third-order valence-corrected chi connectivity index (χ3v) is 4.75. The van der Waals surface area contributed by atoms with E-state index in [-0.39, 0.29) is 10.6 Å². The van der Waals surface area contributed by atoms with E-state index in [1.807, 2.05) is 26.0 Å². The maximum Gasteiger partial charge on any atom is 0.129 e. The number of halogens is 4. The Labute approximate surface area is 130 Å². The van der Waals surface area contributed by atoms with Gasteiger partial charge in [-0.25, -0.2) is 4.39 Å². The van der Waals surface area contributed by atoms with Crippen LogP contribution in [0.5, 0.6) is 0 Å². The molecule has 0 aliphatic heterocycles. The van der Waals surface area contributed by atoms with Crippen LogP contribution in [-0.2, 0) is 0 Å². The largest absolute Gasteiger partial charge is 0.207 e. The van der Waals surface area contributed by atoms with Gasteiger partial charge in [0, 0.05) is 15.6 Å². The van der Waals surface area contributed by atoms with Crippen LogP contribution >= 0.6 is 39.1 Å². The molecule has 4 heteroatoms. The van der Waals surface area contributed by atoms with Gasteiger partial charge in [-0.15, -0.1) is 0 Å². The molecule has 100 valence electrons. The second kappa shape index (κ2) is 5.82. The molecule has 0 aliphatic rings. The molecule has 0 amide bonds. The van der Waals surface area contributed by atoms with Gasteiger partial charge in [0.15, 0.2) is 0 Å². The highest BCUT2D eigenvalue weighted by atomic mass is 79.9. The molecule has 2 rings (SSSR count). The topological polar surface area (TPSA) is 0 Å². The highest BCUT2D eigenvalue weighted by molar-refractivity contribution is 9.09. The average Bonchev–Trinajstić information content (AvgIpc) is 2.33. The molecular weight excluding hydrogens is 350 g/mol. The Morgan fingerprint density at radius 2 is 1.68 bits per heavy atom. The third kappa shape index (κ3) is 2.96. The van der Waals surface area contributed by atoms with Gasteiger partial charge < -0.3 is 0 Å². The van der Waals surface area contributed by atoms with Crippen molar-refractivity contribution in [2.24, 2.45) is 0 Å². The number of hydrogen-bond acceptors (Lipinski definition) is 0. The minimum atomic E-state index is -0.368. The van der Waals surface area contributed by atoms with Gasteiger partial charge in [-0.2, -0.15) is 0 Å². The van der Waals surface area contributed by atoms with Crippen molar-refractivity contribution in [1.29, 1.82) is 0 Å². The molecule has 2 aromatic rings. The summed E-state index contributed by atoms with van der Waals surface area (Å²) in [6.45, 7) is 3.99. The molecule has 19 heavy (non-hydrogen) atoms. The van der Waals surface area contributed by atoms with Gasteiger partial charge in [0.2, 0.25) is 0 Å². The van der Waals surface area contributed by atoms with E-state index >= 15 is 0 Å². The zero-order valence-electron chi connectivity index (χ0n) is 10.5. The Morgan fingerprint density at radius 1 is 1.05 bits per heavy atom. The summed E-state index contributed by atoms with van der Waals surface area (Å²) in [5.74, 6) is -0.344. The highest BCUT2D eigenvalue weighted by Crippen LogP contribution is 2.40. The maximum absolute atomic E-state index is 13.9. The molecule has 0 heterocycles. The van der Waals surface area contributed by atoms with Crippen molar-refractivity contribution in [3.05, 3.63) is 68.4 Å². The van der Waals surface area contributed by atoms with Gasteiger partial charge >= 0.3 is 0 Å². The average molecular weight is 362 g/mol. The van der Waals surface area contributed by atoms with E-state index < -0.39 is 0 Å². The van der Waals surface area contributed by atoms with Crippen LogP contribution in [0.15, 0.2) is 30.3 Å². The van der Waals surface area contributed by atoms with Gasteiger partial charge in [0.05, 0.1) is 4.83 Å². The van der Waals surface area contributed by atoms with Crippen molar-refractivity contribution in [3.63, 3.8) is 0 Å². The van der Waals surface area contributed by atoms with E-state index in [2.05, 4.69) is 15.9 Å². The molecule has 0 aromatic heterocycles. The number of hydrogen-bond donors (Lipinski definition) is 0. The fourth-order valence-electron chi connectivity index (χ4n) is 1.91. The van der Waals surface area contributed by atoms with Crippen molar-refractivity contribution in [2.75, 3.05) is 0 Å². The van der Waals surface area contributed by atoms with Crippen LogP contribution in [0, 0.1) is 19.7 Å². The maximum atomic E-state index is 13.9. The lowest BCUT2D eigenvalue weighted by Gasteiger charge is -2.16. The first-order chi connectivity index (χ1) is 8.91. The summed E-state index contributed by atoms with van der Waals surface area (Å²) in [5, 5.41) is 0.987. The summed E-state index contributed by atoms with van der Waals surface area (Å²) in [4.78, 5) is -0.368. The minimum Gasteiger partial charge on any atom is -0.207 e. The van der Waals surface area contributed by atoms with Gasteiger partial charge in [0.1, 0.15) is 5.82 Å². The van der Waals surface area contributed by atoms with Crippen LogP contribution in [-0.4, -0.2) is 0 Å². The van der Waals surface area contributed by atoms with Crippen molar-refractivity contribution < 1.29 is 4.39 Å². The van der Waals surface area contributed by atoms with E-state index in [1.165, 1.54) is 6.07 Å². The van der Waals surface area contributed by atoms with E-state index in [0.29, 0.717) is 15.6 Å². The summed E-state index contributed by atoms with van der Waals surface area (Å²) in [6, 6.07) is 8.49. The SMILES string of the molecule is Cc1cc(Cl)c(C(Br)c2c(F)cccc2Cl)cc1C. The normalized spacial score (nSPS) is 12.5. The third-order valence-electron chi connectivity index (χ3n) is 3.14. The van der Waals surface area contributed by atoms with Gasteiger partial charge in [-0.1, -0.05) is 51.3 Å². The number of rotatable bonds is 2. The summed E-state index contributed by atoms with van der Waals surface area (Å²) in [7, 11) is 0. The molecule has 0 spiro atoms. The second-order valence-corrected chi connectivity index (χ2v) is 6.19. The summed E-state index contributed by atoms with van der Waals surface area (Å²) >= 11 is 15.8. The Bertz CT molecular complexity index is 606. The molecule has 0 N–H and O–H groups in total. The lowest BCUT2D eigenvalue weighted by molar-refractivity contribution is 0.613. The molecule has 0 fully saturated rings. The Hall–Kier alpha value is -0.570. The van der Waals surface area contributed by atoms with Gasteiger partial charge in [-0.05, 0) is 48.7 Å². The molecule has 0 saturated carbocycles. The molecule has 0 radical (unpaired) electrons. The minimum absolute atomic E-state index is 0.344. The van der Waals surface area contributed by atoms with Crippen molar-refractivity contribution in [2.45, 2.75) is 18.7 Å². The molecule has 1 unspecified atom stereocenters. The molecule has 0 nitrogen and oxygen atoms in total. The molecule has 2 aromatic carbocycles. The first-order valence-corrected chi connectivity index (χ1v) is 7.43. The van der Waals surface area contributed by atoms with Crippen molar-refractivity contribution in [3.8, 4) is 0 Å². The standard InChI is InChI=1S/C15H12BrCl2F/c1-8-6-10(12(18)7-9(8)2)15(16)14-11(17)4-3-5-13(14)19/h3-7,15H,1-2H3. The fraction of sp³-hybridized carbons (Fsp3) is 0.200. The predicted molar refractivity (Wildman–Crippen MR) is 83.1 cm³/mol. The van der Waals surface area contributed by atoms with Crippen molar-refractivity contribution >= 4 is 39.1 Å². The zero-order valence-corrected chi connectivity index (χ0v) is 13.6. The monoisotopic (exact) mass is 360 g/mol. The highest BCUT2D eigenvalue weighted by Gasteiger charge is 2.20. The lowest BCUT2D eigenvalue weighted by Crippen LogP contribution is -2.00. The second-order valence-electron chi connectivity index (χ2n) is 4.46. The van der Waals surface area contributed by atoms with Crippen LogP contribution in [0.1, 0.15) is 27.1 Å². The van der Waals surface area contributed by atoms with E-state index in [0.717, 1.165) is 16.7 Å². The van der Waals surface area contributed by atoms with Crippen LogP contribution in [0.4, 0.5) is 4.39 Å². The zero-order chi connectivity index (χ0) is 14.2. The first kappa shape index (κ1) is 14.8. The Balaban J connectivity index is 2.56. The summed E-state index contributed by atoms with van der Waals surface area (Å²) in [6.07, 6.45) is 0. The quantitative estimate of drug-likeness (QED) is 0.556. The lowest BCUT2D eigenvalue weighted by atomic mass is 10.00. The Morgan fingerprint density at radius 3 is 2.32 bits per heavy atom. The molecule has 0 bridgehead atoms. The number of benzene rings is 2. The van der Waals surface area contributed by atoms with Crippen LogP contribution in [0.25, 0.3) is 0 Å². The van der Waals surface area contributed by atoms with Crippen molar-refractivity contribution in [1.82, 2.24) is 0 Å². The summed E-state index contributed by atoms with van der Waals surface area (Å²) < 4.78 is 13.9. The smallest absolute Gasteiger partial charge is 0.129 e. The molecule has 0 aliphatic carbocycles. The van der Waals surface area contributed by atoms with E-state index in [9.17, 15) is 4.39 Å². The molecular formula is C15H12BrCl2F. The number of alkyl halides is 1. The van der Waals surface area contributed by atoms with Crippen LogP contribution in [0.3, 0.4) is 0 Å².